The van der Waals surface area contributed by atoms with Gasteiger partial charge in [-0.25, -0.2) is 0 Å². The predicted molar refractivity (Wildman–Crippen MR) is 104 cm³/mol. The van der Waals surface area contributed by atoms with Gasteiger partial charge in [-0.1, -0.05) is 41.5 Å². The number of hydrogen-bond acceptors (Lipinski definition) is 4. The van der Waals surface area contributed by atoms with Crippen molar-refractivity contribution < 1.29 is 18.4 Å². The molecule has 1 saturated heterocycles. The molecule has 1 fully saturated rings. The average Bonchev–Trinajstić information content (AvgIpc) is 2.34. The Morgan fingerprint density at radius 2 is 1.71 bits per heavy atom. The molecule has 4 nitrogen and oxygen atoms in total. The standard InChI is InChI=1S/C18H38O4Si2/c1-17(2,3)15-11-14(22-24(9,10)18(4,5)6)13(16(19)21-15)12-20-23(7)8/h13-15,23H,11-12H2,1-10H3/t13?,14-,15-/m0/s1. The maximum Gasteiger partial charge on any atom is 0.314 e. The second kappa shape index (κ2) is 7.60. The van der Waals surface area contributed by atoms with E-state index in [1.54, 1.807) is 0 Å². The molecule has 0 radical (unpaired) electrons. The zero-order valence-corrected chi connectivity index (χ0v) is 19.5. The molecule has 0 aromatic heterocycles. The Labute approximate surface area is 151 Å². The fraction of sp³-hybridized carbons (Fsp3) is 0.944. The molecule has 6 heteroatoms. The Morgan fingerprint density at radius 1 is 1.17 bits per heavy atom. The van der Waals surface area contributed by atoms with Gasteiger partial charge in [-0.3, -0.25) is 4.79 Å². The molecule has 0 N–H and O–H groups in total. The maximum absolute atomic E-state index is 12.7. The summed E-state index contributed by atoms with van der Waals surface area (Å²) in [5.74, 6) is -0.452. The summed E-state index contributed by atoms with van der Waals surface area (Å²) in [5.41, 5.74) is -0.0800. The molecule has 1 heterocycles. The van der Waals surface area contributed by atoms with Crippen LogP contribution in [0.3, 0.4) is 0 Å². The summed E-state index contributed by atoms with van der Waals surface area (Å²) in [7, 11) is -3.14. The van der Waals surface area contributed by atoms with Gasteiger partial charge in [0.1, 0.15) is 12.0 Å². The molecule has 24 heavy (non-hydrogen) atoms. The first-order chi connectivity index (χ1) is 10.6. The Balaban J connectivity index is 3.02. The van der Waals surface area contributed by atoms with Gasteiger partial charge in [-0.15, -0.1) is 0 Å². The van der Waals surface area contributed by atoms with Crippen LogP contribution in [0.1, 0.15) is 48.0 Å². The Bertz CT molecular complexity index is 435. The van der Waals surface area contributed by atoms with Crippen molar-refractivity contribution in [1.82, 2.24) is 0 Å². The van der Waals surface area contributed by atoms with Crippen LogP contribution in [0.25, 0.3) is 0 Å². The van der Waals surface area contributed by atoms with Gasteiger partial charge in [-0.2, -0.15) is 0 Å². The zero-order chi connectivity index (χ0) is 18.9. The highest BCUT2D eigenvalue weighted by molar-refractivity contribution is 6.74. The highest BCUT2D eigenvalue weighted by atomic mass is 28.4. The third kappa shape index (κ3) is 5.68. The molecule has 0 aliphatic carbocycles. The normalized spacial score (nSPS) is 26.6. The summed E-state index contributed by atoms with van der Waals surface area (Å²) in [5, 5.41) is 0.115. The molecule has 1 rings (SSSR count). The number of cyclic esters (lactones) is 1. The lowest BCUT2D eigenvalue weighted by Gasteiger charge is -2.46. The van der Waals surface area contributed by atoms with E-state index < -0.39 is 17.4 Å². The van der Waals surface area contributed by atoms with Gasteiger partial charge >= 0.3 is 5.97 Å². The zero-order valence-electron chi connectivity index (χ0n) is 17.4. The summed E-state index contributed by atoms with van der Waals surface area (Å²) in [6.07, 6.45) is 0.548. The highest BCUT2D eigenvalue weighted by Crippen LogP contribution is 2.41. The second-order valence-corrected chi connectivity index (χ2v) is 17.1. The molecular formula is C18H38O4Si2. The minimum absolute atomic E-state index is 0.0800. The molecule has 0 aromatic carbocycles. The number of hydrogen-bond donors (Lipinski definition) is 0. The fourth-order valence-corrected chi connectivity index (χ4v) is 4.45. The van der Waals surface area contributed by atoms with E-state index >= 15 is 0 Å². The van der Waals surface area contributed by atoms with Crippen LogP contribution in [0.4, 0.5) is 0 Å². The topological polar surface area (TPSA) is 44.8 Å². The van der Waals surface area contributed by atoms with Crippen molar-refractivity contribution >= 4 is 23.3 Å². The van der Waals surface area contributed by atoms with Crippen LogP contribution in [0.2, 0.25) is 31.2 Å². The largest absolute Gasteiger partial charge is 0.461 e. The van der Waals surface area contributed by atoms with E-state index in [0.717, 1.165) is 6.42 Å². The summed E-state index contributed by atoms with van der Waals surface area (Å²) >= 11 is 0. The second-order valence-electron chi connectivity index (χ2n) is 9.93. The van der Waals surface area contributed by atoms with E-state index in [2.05, 4.69) is 67.7 Å². The van der Waals surface area contributed by atoms with Crippen molar-refractivity contribution in [2.75, 3.05) is 6.61 Å². The molecule has 1 aliphatic heterocycles. The molecular weight excluding hydrogens is 336 g/mol. The van der Waals surface area contributed by atoms with Gasteiger partial charge in [0.25, 0.3) is 0 Å². The lowest BCUT2D eigenvalue weighted by molar-refractivity contribution is -0.179. The number of carbonyl (C=O) groups excluding carboxylic acids is 1. The first kappa shape index (κ1) is 21.9. The highest BCUT2D eigenvalue weighted by Gasteiger charge is 2.47. The van der Waals surface area contributed by atoms with Gasteiger partial charge in [0.2, 0.25) is 0 Å². The maximum atomic E-state index is 12.7. The first-order valence-electron chi connectivity index (χ1n) is 9.15. The van der Waals surface area contributed by atoms with E-state index in [1.165, 1.54) is 0 Å². The minimum atomic E-state index is -1.96. The molecule has 142 valence electrons. The van der Waals surface area contributed by atoms with Crippen LogP contribution in [-0.4, -0.2) is 42.1 Å². The van der Waals surface area contributed by atoms with Crippen LogP contribution in [0.15, 0.2) is 0 Å². The van der Waals surface area contributed by atoms with Crippen molar-refractivity contribution in [2.45, 2.75) is 91.4 Å². The van der Waals surface area contributed by atoms with Crippen LogP contribution in [0, 0.1) is 11.3 Å². The Hall–Kier alpha value is -0.176. The average molecular weight is 375 g/mol. The van der Waals surface area contributed by atoms with Crippen molar-refractivity contribution in [3.05, 3.63) is 0 Å². The molecule has 0 amide bonds. The fourth-order valence-electron chi connectivity index (χ4n) is 2.49. The van der Waals surface area contributed by atoms with Crippen molar-refractivity contribution in [2.24, 2.45) is 11.3 Å². The minimum Gasteiger partial charge on any atom is -0.461 e. The molecule has 0 saturated carbocycles. The monoisotopic (exact) mass is 374 g/mol. The summed E-state index contributed by atoms with van der Waals surface area (Å²) in [4.78, 5) is 12.7. The van der Waals surface area contributed by atoms with E-state index in [0.29, 0.717) is 6.61 Å². The van der Waals surface area contributed by atoms with Gasteiger partial charge in [-0.05, 0) is 36.6 Å². The van der Waals surface area contributed by atoms with Gasteiger partial charge in [0.15, 0.2) is 17.4 Å². The van der Waals surface area contributed by atoms with E-state index in [4.69, 9.17) is 13.6 Å². The lowest BCUT2D eigenvalue weighted by atomic mass is 9.81. The quantitative estimate of drug-likeness (QED) is 0.530. The smallest absolute Gasteiger partial charge is 0.314 e. The number of esters is 1. The SMILES string of the molecule is C[SiH](C)OCC1C(=O)O[C@H](C(C)(C)C)C[C@@H]1O[Si](C)(C)C(C)(C)C. The molecule has 1 aliphatic rings. The molecule has 0 bridgehead atoms. The summed E-state index contributed by atoms with van der Waals surface area (Å²) < 4.78 is 18.3. The van der Waals surface area contributed by atoms with Crippen molar-refractivity contribution in [1.29, 1.82) is 0 Å². The predicted octanol–water partition coefficient (Wildman–Crippen LogP) is 4.35. The number of carbonyl (C=O) groups is 1. The third-order valence-electron chi connectivity index (χ3n) is 5.28. The molecule has 1 unspecified atom stereocenters. The van der Waals surface area contributed by atoms with E-state index in [-0.39, 0.29) is 34.5 Å². The van der Waals surface area contributed by atoms with Crippen LogP contribution in [0.5, 0.6) is 0 Å². The summed E-state index contributed by atoms with van der Waals surface area (Å²) in [6, 6.07) is 0. The molecule has 0 spiro atoms. The van der Waals surface area contributed by atoms with Crippen LogP contribution in [-0.2, 0) is 18.4 Å². The lowest BCUT2D eigenvalue weighted by Crippen LogP contribution is -2.54. The third-order valence-corrected chi connectivity index (χ3v) is 10.6. The van der Waals surface area contributed by atoms with Crippen molar-refractivity contribution in [3.8, 4) is 0 Å². The van der Waals surface area contributed by atoms with Crippen LogP contribution >= 0.6 is 0 Å². The van der Waals surface area contributed by atoms with Gasteiger partial charge in [0.05, 0.1) is 6.10 Å². The Kier molecular flexibility index (Phi) is 6.92. The number of ether oxygens (including phenoxy) is 1. The van der Waals surface area contributed by atoms with Gasteiger partial charge < -0.3 is 13.6 Å². The summed E-state index contributed by atoms with van der Waals surface area (Å²) in [6.45, 7) is 22.2. The van der Waals surface area contributed by atoms with Crippen molar-refractivity contribution in [3.63, 3.8) is 0 Å². The number of rotatable bonds is 5. The van der Waals surface area contributed by atoms with Crippen LogP contribution < -0.4 is 0 Å². The van der Waals surface area contributed by atoms with E-state index in [9.17, 15) is 4.79 Å². The molecule has 3 atom stereocenters. The van der Waals surface area contributed by atoms with Gasteiger partial charge in [0, 0.05) is 13.0 Å². The Morgan fingerprint density at radius 3 is 2.12 bits per heavy atom. The van der Waals surface area contributed by atoms with E-state index in [1.807, 2.05) is 0 Å². The molecule has 0 aromatic rings. The first-order valence-corrected chi connectivity index (χ1v) is 14.8.